The van der Waals surface area contributed by atoms with Gasteiger partial charge in [0, 0.05) is 6.20 Å². The molecule has 1 N–H and O–H groups in total. The molecule has 1 aromatic carbocycles. The summed E-state index contributed by atoms with van der Waals surface area (Å²) < 4.78 is 28.9. The molecule has 0 unspecified atom stereocenters. The smallest absolute Gasteiger partial charge is 0.263 e. The molecule has 2 aromatic heterocycles. The minimum atomic E-state index is -3.61. The second-order valence-corrected chi connectivity index (χ2v) is 6.38. The average molecular weight is 301 g/mol. The quantitative estimate of drug-likeness (QED) is 0.806. The van der Waals surface area contributed by atoms with Crippen LogP contribution in [-0.4, -0.2) is 17.8 Å². The molecule has 108 valence electrons. The van der Waals surface area contributed by atoms with Crippen molar-refractivity contribution < 1.29 is 8.42 Å². The molecule has 0 atom stereocenters. The Hall–Kier alpha value is -2.34. The Balaban J connectivity index is 1.91. The van der Waals surface area contributed by atoms with Crippen LogP contribution in [0.5, 0.6) is 0 Å². The Morgan fingerprint density at radius 3 is 2.57 bits per heavy atom. The Labute approximate surface area is 123 Å². The Kier molecular flexibility index (Phi) is 3.39. The number of rotatable bonds is 4. The molecular weight excluding hydrogens is 286 g/mol. The van der Waals surface area contributed by atoms with Crippen LogP contribution in [0.4, 0.5) is 5.82 Å². The van der Waals surface area contributed by atoms with Gasteiger partial charge in [-0.15, -0.1) is 0 Å². The second-order valence-electron chi connectivity index (χ2n) is 4.70. The third-order valence-corrected chi connectivity index (χ3v) is 4.62. The fourth-order valence-electron chi connectivity index (χ4n) is 2.08. The van der Waals surface area contributed by atoms with Crippen LogP contribution < -0.4 is 4.72 Å². The maximum absolute atomic E-state index is 12.3. The summed E-state index contributed by atoms with van der Waals surface area (Å²) in [5, 5.41) is 0. The Bertz CT molecular complexity index is 834. The summed E-state index contributed by atoms with van der Waals surface area (Å²) in [6.45, 7) is 2.03. The van der Waals surface area contributed by atoms with E-state index in [1.165, 1.54) is 0 Å². The number of hydrogen-bond donors (Lipinski definition) is 1. The molecule has 5 nitrogen and oxygen atoms in total. The molecule has 0 bridgehead atoms. The summed E-state index contributed by atoms with van der Waals surface area (Å²) in [6, 6.07) is 12.4. The van der Waals surface area contributed by atoms with E-state index in [4.69, 9.17) is 0 Å². The standard InChI is InChI=1S/C15H15N3O2S/c1-2-12-6-8-13(9-7-12)21(19,20)17-14-11-18-10-4-3-5-15(18)16-14/h3-11,17H,2H2,1H3. The van der Waals surface area contributed by atoms with E-state index in [1.54, 1.807) is 22.7 Å². The third-order valence-electron chi connectivity index (χ3n) is 3.24. The lowest BCUT2D eigenvalue weighted by molar-refractivity contribution is 0.601. The first-order valence-corrected chi connectivity index (χ1v) is 8.12. The molecule has 0 aliphatic carbocycles. The number of aromatic nitrogens is 2. The van der Waals surface area contributed by atoms with Gasteiger partial charge >= 0.3 is 0 Å². The van der Waals surface area contributed by atoms with Crippen LogP contribution in [0, 0.1) is 0 Å². The molecular formula is C15H15N3O2S. The predicted molar refractivity (Wildman–Crippen MR) is 81.8 cm³/mol. The van der Waals surface area contributed by atoms with Crippen LogP contribution in [0.1, 0.15) is 12.5 Å². The molecule has 0 saturated heterocycles. The lowest BCUT2D eigenvalue weighted by Gasteiger charge is -2.05. The van der Waals surface area contributed by atoms with Crippen molar-refractivity contribution in [2.75, 3.05) is 4.72 Å². The van der Waals surface area contributed by atoms with Gasteiger partial charge < -0.3 is 4.40 Å². The summed E-state index contributed by atoms with van der Waals surface area (Å²) in [5.74, 6) is 0.306. The SMILES string of the molecule is CCc1ccc(S(=O)(=O)Nc2cn3ccccc3n2)cc1. The number of nitrogens with zero attached hydrogens (tertiary/aromatic N) is 2. The molecule has 0 radical (unpaired) electrons. The highest BCUT2D eigenvalue weighted by Crippen LogP contribution is 2.17. The van der Waals surface area contributed by atoms with Crippen LogP contribution in [0.3, 0.4) is 0 Å². The number of hydrogen-bond acceptors (Lipinski definition) is 3. The molecule has 3 rings (SSSR count). The van der Waals surface area contributed by atoms with Crippen LogP contribution in [0.25, 0.3) is 5.65 Å². The van der Waals surface area contributed by atoms with Gasteiger partial charge in [-0.25, -0.2) is 13.4 Å². The molecule has 21 heavy (non-hydrogen) atoms. The lowest BCUT2D eigenvalue weighted by atomic mass is 10.2. The van der Waals surface area contributed by atoms with Gasteiger partial charge in [0.05, 0.1) is 11.1 Å². The zero-order chi connectivity index (χ0) is 14.9. The van der Waals surface area contributed by atoms with Crippen molar-refractivity contribution >= 4 is 21.5 Å². The first kappa shape index (κ1) is 13.6. The molecule has 2 heterocycles. The fourth-order valence-corrected chi connectivity index (χ4v) is 3.07. The average Bonchev–Trinajstić information content (AvgIpc) is 2.88. The maximum atomic E-state index is 12.3. The molecule has 3 aromatic rings. The Morgan fingerprint density at radius 1 is 1.14 bits per heavy atom. The predicted octanol–water partition coefficient (Wildman–Crippen LogP) is 2.70. The van der Waals surface area contributed by atoms with E-state index in [-0.39, 0.29) is 4.90 Å². The van der Waals surface area contributed by atoms with Crippen molar-refractivity contribution in [3.63, 3.8) is 0 Å². The molecule has 6 heteroatoms. The highest BCUT2D eigenvalue weighted by molar-refractivity contribution is 7.92. The zero-order valence-corrected chi connectivity index (χ0v) is 12.3. The first-order valence-electron chi connectivity index (χ1n) is 6.64. The highest BCUT2D eigenvalue weighted by atomic mass is 32.2. The minimum absolute atomic E-state index is 0.233. The number of anilines is 1. The zero-order valence-electron chi connectivity index (χ0n) is 11.5. The molecule has 0 saturated carbocycles. The van der Waals surface area contributed by atoms with Crippen molar-refractivity contribution in [2.24, 2.45) is 0 Å². The highest BCUT2D eigenvalue weighted by Gasteiger charge is 2.15. The van der Waals surface area contributed by atoms with Gasteiger partial charge in [-0.3, -0.25) is 4.72 Å². The minimum Gasteiger partial charge on any atom is -0.305 e. The molecule has 0 aliphatic heterocycles. The van der Waals surface area contributed by atoms with Crippen molar-refractivity contribution in [3.8, 4) is 0 Å². The lowest BCUT2D eigenvalue weighted by Crippen LogP contribution is -2.13. The molecule has 0 spiro atoms. The monoisotopic (exact) mass is 301 g/mol. The molecule has 0 fully saturated rings. The summed E-state index contributed by atoms with van der Waals surface area (Å²) in [7, 11) is -3.61. The maximum Gasteiger partial charge on any atom is 0.263 e. The van der Waals surface area contributed by atoms with E-state index in [1.807, 2.05) is 43.5 Å². The van der Waals surface area contributed by atoms with Gasteiger partial charge in [0.15, 0.2) is 5.82 Å². The van der Waals surface area contributed by atoms with E-state index in [0.29, 0.717) is 11.5 Å². The fraction of sp³-hybridized carbons (Fsp3) is 0.133. The van der Waals surface area contributed by atoms with E-state index >= 15 is 0 Å². The van der Waals surface area contributed by atoms with Crippen molar-refractivity contribution in [3.05, 3.63) is 60.4 Å². The summed E-state index contributed by atoms with van der Waals surface area (Å²) in [6.07, 6.45) is 4.34. The molecule has 0 amide bonds. The third kappa shape index (κ3) is 2.75. The van der Waals surface area contributed by atoms with E-state index in [9.17, 15) is 8.42 Å². The number of benzene rings is 1. The van der Waals surface area contributed by atoms with Crippen molar-refractivity contribution in [1.29, 1.82) is 0 Å². The van der Waals surface area contributed by atoms with Crippen LogP contribution in [0.15, 0.2) is 59.8 Å². The van der Waals surface area contributed by atoms with Gasteiger partial charge in [0.25, 0.3) is 10.0 Å². The van der Waals surface area contributed by atoms with Crippen molar-refractivity contribution in [2.45, 2.75) is 18.2 Å². The first-order chi connectivity index (χ1) is 10.1. The van der Waals surface area contributed by atoms with Gasteiger partial charge in [-0.1, -0.05) is 25.1 Å². The van der Waals surface area contributed by atoms with Gasteiger partial charge in [-0.2, -0.15) is 0 Å². The van der Waals surface area contributed by atoms with E-state index < -0.39 is 10.0 Å². The van der Waals surface area contributed by atoms with Gasteiger partial charge in [0.2, 0.25) is 0 Å². The number of aryl methyl sites for hydroxylation is 1. The summed E-state index contributed by atoms with van der Waals surface area (Å²) in [4.78, 5) is 4.46. The van der Waals surface area contributed by atoms with Crippen LogP contribution in [0.2, 0.25) is 0 Å². The number of sulfonamides is 1. The van der Waals surface area contributed by atoms with E-state index in [2.05, 4.69) is 9.71 Å². The van der Waals surface area contributed by atoms with Crippen molar-refractivity contribution in [1.82, 2.24) is 9.38 Å². The van der Waals surface area contributed by atoms with Crippen LogP contribution in [-0.2, 0) is 16.4 Å². The van der Waals surface area contributed by atoms with Crippen LogP contribution >= 0.6 is 0 Å². The Morgan fingerprint density at radius 2 is 1.90 bits per heavy atom. The largest absolute Gasteiger partial charge is 0.305 e. The summed E-state index contributed by atoms with van der Waals surface area (Å²) >= 11 is 0. The summed E-state index contributed by atoms with van der Waals surface area (Å²) in [5.41, 5.74) is 1.79. The topological polar surface area (TPSA) is 63.5 Å². The normalized spacial score (nSPS) is 11.7. The number of fused-ring (bicyclic) bond motifs is 1. The van der Waals surface area contributed by atoms with E-state index in [0.717, 1.165) is 12.0 Å². The second kappa shape index (κ2) is 5.21. The van der Waals surface area contributed by atoms with Gasteiger partial charge in [-0.05, 0) is 36.2 Å². The number of pyridine rings is 1. The number of imidazole rings is 1. The molecule has 0 aliphatic rings. The van der Waals surface area contributed by atoms with Gasteiger partial charge in [0.1, 0.15) is 5.65 Å². The number of nitrogens with one attached hydrogen (secondary N) is 1.